The van der Waals surface area contributed by atoms with E-state index >= 15 is 0 Å². The molecular weight excluding hydrogens is 242 g/mol. The third-order valence-electron chi connectivity index (χ3n) is 2.26. The van der Waals surface area contributed by atoms with Crippen molar-refractivity contribution in [3.05, 3.63) is 5.28 Å². The summed E-state index contributed by atoms with van der Waals surface area (Å²) in [5.41, 5.74) is 0. The van der Waals surface area contributed by atoms with E-state index < -0.39 is 0 Å². The average molecular weight is 260 g/mol. The topological polar surface area (TPSA) is 74.2 Å². The van der Waals surface area contributed by atoms with E-state index in [0.29, 0.717) is 24.9 Å². The maximum Gasteiger partial charge on any atom is 0.231 e. The van der Waals surface area contributed by atoms with Crippen molar-refractivity contribution in [1.29, 1.82) is 0 Å². The van der Waals surface area contributed by atoms with Crippen molar-refractivity contribution < 1.29 is 5.11 Å². The number of halogens is 1. The SMILES string of the molecule is CCN(CC)c1nc(Cl)nc(NCCCO)n1. The molecule has 0 amide bonds. The summed E-state index contributed by atoms with van der Waals surface area (Å²) in [5.74, 6) is 1.02. The predicted molar refractivity (Wildman–Crippen MR) is 68.6 cm³/mol. The van der Waals surface area contributed by atoms with Crippen LogP contribution in [-0.2, 0) is 0 Å². The smallest absolute Gasteiger partial charge is 0.231 e. The van der Waals surface area contributed by atoms with Crippen LogP contribution in [-0.4, -0.2) is 46.3 Å². The highest BCUT2D eigenvalue weighted by atomic mass is 35.5. The zero-order valence-corrected chi connectivity index (χ0v) is 10.9. The van der Waals surface area contributed by atoms with Crippen LogP contribution in [0.3, 0.4) is 0 Å². The van der Waals surface area contributed by atoms with Gasteiger partial charge in [-0.1, -0.05) is 0 Å². The van der Waals surface area contributed by atoms with Gasteiger partial charge in [0.05, 0.1) is 0 Å². The average Bonchev–Trinajstić information content (AvgIpc) is 2.30. The monoisotopic (exact) mass is 259 g/mol. The van der Waals surface area contributed by atoms with Gasteiger partial charge in [-0.05, 0) is 31.9 Å². The van der Waals surface area contributed by atoms with Gasteiger partial charge in [-0.3, -0.25) is 0 Å². The van der Waals surface area contributed by atoms with Crippen molar-refractivity contribution in [3.8, 4) is 0 Å². The highest BCUT2D eigenvalue weighted by Crippen LogP contribution is 2.13. The number of aromatic nitrogens is 3. The fourth-order valence-electron chi connectivity index (χ4n) is 1.35. The number of aliphatic hydroxyl groups is 1. The lowest BCUT2D eigenvalue weighted by Crippen LogP contribution is -2.25. The largest absolute Gasteiger partial charge is 0.396 e. The number of hydrogen-bond donors (Lipinski definition) is 2. The number of nitrogens with one attached hydrogen (secondary N) is 1. The molecule has 0 atom stereocenters. The fourth-order valence-corrected chi connectivity index (χ4v) is 1.50. The highest BCUT2D eigenvalue weighted by molar-refractivity contribution is 6.28. The van der Waals surface area contributed by atoms with Gasteiger partial charge in [-0.2, -0.15) is 15.0 Å². The minimum Gasteiger partial charge on any atom is -0.396 e. The Balaban J connectivity index is 2.78. The minimum absolute atomic E-state index is 0.134. The quantitative estimate of drug-likeness (QED) is 0.716. The Morgan fingerprint density at radius 1 is 1.24 bits per heavy atom. The summed E-state index contributed by atoms with van der Waals surface area (Å²) in [6.45, 7) is 6.42. The number of anilines is 2. The molecular formula is C10H18ClN5O. The van der Waals surface area contributed by atoms with Gasteiger partial charge in [0.25, 0.3) is 0 Å². The zero-order valence-electron chi connectivity index (χ0n) is 10.1. The van der Waals surface area contributed by atoms with Crippen LogP contribution in [0.25, 0.3) is 0 Å². The fraction of sp³-hybridized carbons (Fsp3) is 0.700. The lowest BCUT2D eigenvalue weighted by molar-refractivity contribution is 0.292. The Labute approximate surface area is 106 Å². The summed E-state index contributed by atoms with van der Waals surface area (Å²) in [7, 11) is 0. The van der Waals surface area contributed by atoms with Crippen molar-refractivity contribution >= 4 is 23.5 Å². The Morgan fingerprint density at radius 2 is 1.94 bits per heavy atom. The zero-order chi connectivity index (χ0) is 12.7. The molecule has 0 fully saturated rings. The van der Waals surface area contributed by atoms with Crippen LogP contribution in [0.15, 0.2) is 0 Å². The molecule has 2 N–H and O–H groups in total. The molecule has 0 aromatic carbocycles. The molecule has 0 radical (unpaired) electrons. The van der Waals surface area contributed by atoms with Crippen LogP contribution < -0.4 is 10.2 Å². The second kappa shape index (κ2) is 7.24. The maximum absolute atomic E-state index is 8.69. The van der Waals surface area contributed by atoms with Crippen LogP contribution in [0.2, 0.25) is 5.28 Å². The Hall–Kier alpha value is -1.14. The van der Waals surface area contributed by atoms with Gasteiger partial charge in [0.15, 0.2) is 0 Å². The lowest BCUT2D eigenvalue weighted by atomic mass is 10.4. The van der Waals surface area contributed by atoms with Gasteiger partial charge in [0.2, 0.25) is 17.2 Å². The first-order valence-corrected chi connectivity index (χ1v) is 6.10. The van der Waals surface area contributed by atoms with E-state index in [1.165, 1.54) is 0 Å². The molecule has 17 heavy (non-hydrogen) atoms. The normalized spacial score (nSPS) is 10.4. The van der Waals surface area contributed by atoms with Gasteiger partial charge >= 0.3 is 0 Å². The second-order valence-electron chi connectivity index (χ2n) is 3.40. The van der Waals surface area contributed by atoms with E-state index in [-0.39, 0.29) is 11.9 Å². The number of aliphatic hydroxyl groups excluding tert-OH is 1. The predicted octanol–water partition coefficient (Wildman–Crippen LogP) is 1.17. The second-order valence-corrected chi connectivity index (χ2v) is 3.74. The molecule has 1 heterocycles. The first-order valence-electron chi connectivity index (χ1n) is 5.72. The molecule has 0 unspecified atom stereocenters. The van der Waals surface area contributed by atoms with E-state index in [4.69, 9.17) is 16.7 Å². The Bertz CT molecular complexity index is 345. The highest BCUT2D eigenvalue weighted by Gasteiger charge is 2.09. The van der Waals surface area contributed by atoms with Crippen molar-refractivity contribution in [2.24, 2.45) is 0 Å². The van der Waals surface area contributed by atoms with E-state index in [1.54, 1.807) is 0 Å². The first kappa shape index (κ1) is 13.9. The van der Waals surface area contributed by atoms with Crippen LogP contribution in [0.1, 0.15) is 20.3 Å². The number of nitrogens with zero attached hydrogens (tertiary/aromatic N) is 4. The molecule has 0 aliphatic rings. The van der Waals surface area contributed by atoms with Gasteiger partial charge < -0.3 is 15.3 Å². The number of rotatable bonds is 7. The third-order valence-corrected chi connectivity index (χ3v) is 2.43. The molecule has 0 saturated carbocycles. The molecule has 96 valence electrons. The lowest BCUT2D eigenvalue weighted by Gasteiger charge is -2.18. The maximum atomic E-state index is 8.69. The van der Waals surface area contributed by atoms with Crippen molar-refractivity contribution in [2.75, 3.05) is 36.5 Å². The molecule has 0 aliphatic heterocycles. The molecule has 6 nitrogen and oxygen atoms in total. The van der Waals surface area contributed by atoms with Crippen molar-refractivity contribution in [2.45, 2.75) is 20.3 Å². The third kappa shape index (κ3) is 4.32. The molecule has 7 heteroatoms. The summed E-state index contributed by atoms with van der Waals surface area (Å²) < 4.78 is 0. The van der Waals surface area contributed by atoms with Gasteiger partial charge in [0, 0.05) is 26.2 Å². The summed E-state index contributed by atoms with van der Waals surface area (Å²) >= 11 is 5.84. The first-order chi connectivity index (χ1) is 8.21. The molecule has 0 aliphatic carbocycles. The molecule has 1 aromatic rings. The summed E-state index contributed by atoms with van der Waals surface area (Å²) in [4.78, 5) is 14.3. The van der Waals surface area contributed by atoms with E-state index in [2.05, 4.69) is 20.3 Å². The summed E-state index contributed by atoms with van der Waals surface area (Å²) in [5, 5.41) is 11.9. The molecule has 0 saturated heterocycles. The van der Waals surface area contributed by atoms with Crippen LogP contribution in [0.5, 0.6) is 0 Å². The minimum atomic E-state index is 0.134. The molecule has 0 spiro atoms. The van der Waals surface area contributed by atoms with E-state index in [9.17, 15) is 0 Å². The van der Waals surface area contributed by atoms with Gasteiger partial charge in [-0.25, -0.2) is 0 Å². The van der Waals surface area contributed by atoms with Crippen LogP contribution in [0, 0.1) is 0 Å². The summed E-state index contributed by atoms with van der Waals surface area (Å²) in [6, 6.07) is 0. The Kier molecular flexibility index (Phi) is 5.93. The van der Waals surface area contributed by atoms with Crippen LogP contribution in [0.4, 0.5) is 11.9 Å². The van der Waals surface area contributed by atoms with Crippen molar-refractivity contribution in [3.63, 3.8) is 0 Å². The standard InChI is InChI=1S/C10H18ClN5O/c1-3-16(4-2)10-14-8(11)13-9(15-10)12-6-5-7-17/h17H,3-7H2,1-2H3,(H,12,13,14,15). The number of hydrogen-bond acceptors (Lipinski definition) is 6. The van der Waals surface area contributed by atoms with E-state index in [1.807, 2.05) is 18.7 Å². The van der Waals surface area contributed by atoms with Gasteiger partial charge in [-0.15, -0.1) is 0 Å². The Morgan fingerprint density at radius 3 is 2.53 bits per heavy atom. The summed E-state index contributed by atoms with van der Waals surface area (Å²) in [6.07, 6.45) is 0.643. The van der Waals surface area contributed by atoms with E-state index in [0.717, 1.165) is 13.1 Å². The van der Waals surface area contributed by atoms with Crippen molar-refractivity contribution in [1.82, 2.24) is 15.0 Å². The van der Waals surface area contributed by atoms with Gasteiger partial charge in [0.1, 0.15) is 0 Å². The molecule has 0 bridgehead atoms. The van der Waals surface area contributed by atoms with Crippen LogP contribution >= 0.6 is 11.6 Å². The molecule has 1 rings (SSSR count). The molecule has 1 aromatic heterocycles.